The Kier molecular flexibility index (Phi) is 4.83. The summed E-state index contributed by atoms with van der Waals surface area (Å²) >= 11 is 0. The first-order chi connectivity index (χ1) is 25.8. The number of para-hydroxylation sites is 4. The number of hydrogen-bond acceptors (Lipinski definition) is 2. The molecule has 0 saturated heterocycles. The maximum absolute atomic E-state index is 6.22. The van der Waals surface area contributed by atoms with Crippen molar-refractivity contribution in [2.45, 2.75) is 0 Å². The van der Waals surface area contributed by atoms with E-state index >= 15 is 0 Å². The van der Waals surface area contributed by atoms with E-state index in [1.54, 1.807) is 0 Å². The molecule has 13 aromatic rings. The summed E-state index contributed by atoms with van der Waals surface area (Å²) in [7, 11) is 0. The molecular weight excluding hydrogens is 637 g/mol. The number of fused-ring (bicyclic) bond motifs is 14. The minimum atomic E-state index is 0.910. The van der Waals surface area contributed by atoms with Crippen LogP contribution in [0, 0.1) is 0 Å². The van der Waals surface area contributed by atoms with Crippen molar-refractivity contribution in [3.63, 3.8) is 0 Å². The fraction of sp³-hybridized carbons (Fsp3) is 0. The molecule has 0 fully saturated rings. The number of furan rings is 2. The zero-order valence-corrected chi connectivity index (χ0v) is 27.7. The predicted octanol–water partition coefficient (Wildman–Crippen LogP) is 13.4. The third-order valence-electron chi connectivity index (χ3n) is 11.4. The molecular formula is C48H26N2O2. The highest BCUT2D eigenvalue weighted by molar-refractivity contribution is 6.27. The Morgan fingerprint density at radius 1 is 0.308 bits per heavy atom. The maximum Gasteiger partial charge on any atom is 0.135 e. The summed E-state index contributed by atoms with van der Waals surface area (Å²) in [6.45, 7) is 0. The lowest BCUT2D eigenvalue weighted by Crippen LogP contribution is -1.98. The molecule has 4 nitrogen and oxygen atoms in total. The molecule has 0 aliphatic carbocycles. The zero-order chi connectivity index (χ0) is 33.7. The van der Waals surface area contributed by atoms with Gasteiger partial charge in [-0.2, -0.15) is 0 Å². The standard InChI is InChI=1S/C48H26N2O2/c1-5-13-37-33(11-1)45-29(27-17-23-43-35(25-27)31-9-3-7-15-41(31)51-43)19-21-39-47(45)49(37)40-22-20-30(46-34-12-2-6-14-38(34)50(39)48(40)46)28-18-24-44-36(26-28)32-10-4-8-16-42(32)52-44/h1-26H. The van der Waals surface area contributed by atoms with Crippen molar-refractivity contribution >= 4 is 98.5 Å². The molecule has 0 spiro atoms. The van der Waals surface area contributed by atoms with Crippen molar-refractivity contribution < 1.29 is 8.83 Å². The van der Waals surface area contributed by atoms with Gasteiger partial charge in [0.2, 0.25) is 0 Å². The summed E-state index contributed by atoms with van der Waals surface area (Å²) in [5, 5.41) is 9.57. The van der Waals surface area contributed by atoms with E-state index in [9.17, 15) is 0 Å². The van der Waals surface area contributed by atoms with Crippen LogP contribution in [0.5, 0.6) is 0 Å². The van der Waals surface area contributed by atoms with Gasteiger partial charge in [0.25, 0.3) is 0 Å². The van der Waals surface area contributed by atoms with Crippen molar-refractivity contribution in [1.29, 1.82) is 0 Å². The Morgan fingerprint density at radius 3 is 1.19 bits per heavy atom. The first-order valence-electron chi connectivity index (χ1n) is 17.8. The summed E-state index contributed by atoms with van der Waals surface area (Å²) in [6.07, 6.45) is 0. The lowest BCUT2D eigenvalue weighted by atomic mass is 9.96. The molecule has 0 unspecified atom stereocenters. The summed E-state index contributed by atoms with van der Waals surface area (Å²) in [4.78, 5) is 0. The van der Waals surface area contributed by atoms with Crippen LogP contribution in [0.4, 0.5) is 0 Å². The molecule has 0 radical (unpaired) electrons. The smallest absolute Gasteiger partial charge is 0.135 e. The average molecular weight is 663 g/mol. The molecule has 0 bridgehead atoms. The second-order valence-electron chi connectivity index (χ2n) is 14.0. The Morgan fingerprint density at radius 2 is 0.712 bits per heavy atom. The van der Waals surface area contributed by atoms with Crippen molar-refractivity contribution in [1.82, 2.24) is 8.80 Å². The van der Waals surface area contributed by atoms with Gasteiger partial charge in [0.15, 0.2) is 0 Å². The van der Waals surface area contributed by atoms with Crippen molar-refractivity contribution in [2.24, 2.45) is 0 Å². The number of aromatic nitrogens is 2. The number of rotatable bonds is 2. The van der Waals surface area contributed by atoms with Crippen LogP contribution in [-0.2, 0) is 0 Å². The fourth-order valence-electron chi connectivity index (χ4n) is 9.29. The molecule has 5 heterocycles. The highest BCUT2D eigenvalue weighted by atomic mass is 16.3. The van der Waals surface area contributed by atoms with Gasteiger partial charge in [0.05, 0.1) is 33.1 Å². The van der Waals surface area contributed by atoms with Crippen molar-refractivity contribution in [3.05, 3.63) is 158 Å². The Hall–Kier alpha value is -7.04. The molecule has 52 heavy (non-hydrogen) atoms. The molecule has 0 atom stereocenters. The second kappa shape index (κ2) is 9.39. The van der Waals surface area contributed by atoms with E-state index < -0.39 is 0 Å². The van der Waals surface area contributed by atoms with Crippen LogP contribution in [0.1, 0.15) is 0 Å². The van der Waals surface area contributed by atoms with Gasteiger partial charge >= 0.3 is 0 Å². The number of nitrogens with zero attached hydrogens (tertiary/aromatic N) is 2. The van der Waals surface area contributed by atoms with E-state index in [1.807, 2.05) is 24.3 Å². The Balaban J connectivity index is 1.17. The molecule has 4 heteroatoms. The van der Waals surface area contributed by atoms with Crippen LogP contribution in [-0.4, -0.2) is 8.80 Å². The van der Waals surface area contributed by atoms with Gasteiger partial charge in [-0.25, -0.2) is 0 Å². The summed E-state index contributed by atoms with van der Waals surface area (Å²) in [5.41, 5.74) is 15.7. The molecule has 0 saturated carbocycles. The summed E-state index contributed by atoms with van der Waals surface area (Å²) in [6, 6.07) is 56.9. The second-order valence-corrected chi connectivity index (χ2v) is 14.0. The van der Waals surface area contributed by atoms with E-state index in [4.69, 9.17) is 8.83 Å². The molecule has 240 valence electrons. The van der Waals surface area contributed by atoms with Gasteiger partial charge in [0, 0.05) is 43.1 Å². The van der Waals surface area contributed by atoms with Gasteiger partial charge in [0.1, 0.15) is 22.3 Å². The molecule has 8 aromatic carbocycles. The van der Waals surface area contributed by atoms with Crippen LogP contribution in [0.3, 0.4) is 0 Å². The zero-order valence-electron chi connectivity index (χ0n) is 27.7. The van der Waals surface area contributed by atoms with Gasteiger partial charge in [-0.3, -0.25) is 0 Å². The lowest BCUT2D eigenvalue weighted by molar-refractivity contribution is 0.668. The number of hydrogen-bond donors (Lipinski definition) is 0. The third kappa shape index (κ3) is 3.23. The van der Waals surface area contributed by atoms with E-state index in [-0.39, 0.29) is 0 Å². The molecule has 0 amide bonds. The minimum absolute atomic E-state index is 0.910. The van der Waals surface area contributed by atoms with Gasteiger partial charge < -0.3 is 17.6 Å². The van der Waals surface area contributed by atoms with Crippen molar-refractivity contribution in [3.8, 4) is 22.3 Å². The van der Waals surface area contributed by atoms with E-state index in [1.165, 1.54) is 76.9 Å². The normalized spacial score (nSPS) is 12.6. The van der Waals surface area contributed by atoms with E-state index in [0.717, 1.165) is 43.9 Å². The van der Waals surface area contributed by atoms with Crippen LogP contribution >= 0.6 is 0 Å². The predicted molar refractivity (Wildman–Crippen MR) is 215 cm³/mol. The SMILES string of the molecule is c1ccc2c(c1)oc1ccc(-c3ccc4c5c3c3ccccc3n5c3ccc(-c5ccc6oc7ccccc7c6c5)c5c6ccccc6n4c53)cc12. The van der Waals surface area contributed by atoms with Gasteiger partial charge in [-0.15, -0.1) is 0 Å². The molecule has 0 aliphatic rings. The Bertz CT molecular complexity index is 3400. The van der Waals surface area contributed by atoms with Gasteiger partial charge in [-0.05, 0) is 82.9 Å². The topological polar surface area (TPSA) is 35.1 Å². The monoisotopic (exact) mass is 662 g/mol. The first-order valence-corrected chi connectivity index (χ1v) is 17.8. The fourth-order valence-corrected chi connectivity index (χ4v) is 9.29. The highest BCUT2D eigenvalue weighted by Gasteiger charge is 2.25. The minimum Gasteiger partial charge on any atom is -0.456 e. The highest BCUT2D eigenvalue weighted by Crippen LogP contribution is 2.47. The lowest BCUT2D eigenvalue weighted by Gasteiger charge is -2.14. The maximum atomic E-state index is 6.22. The average Bonchev–Trinajstić information content (AvgIpc) is 3.95. The molecule has 0 N–H and O–H groups in total. The molecule has 0 aliphatic heterocycles. The summed E-state index contributed by atoms with van der Waals surface area (Å²) in [5.74, 6) is 0. The van der Waals surface area contributed by atoms with Gasteiger partial charge in [-0.1, -0.05) is 97.1 Å². The molecule has 5 aromatic heterocycles. The quantitative estimate of drug-likeness (QED) is 0.173. The largest absolute Gasteiger partial charge is 0.456 e. The molecule has 13 rings (SSSR count). The number of benzene rings is 8. The Labute approximate surface area is 295 Å². The van der Waals surface area contributed by atoms with Crippen LogP contribution < -0.4 is 0 Å². The van der Waals surface area contributed by atoms with Crippen molar-refractivity contribution in [2.75, 3.05) is 0 Å². The van der Waals surface area contributed by atoms with Crippen LogP contribution in [0.25, 0.3) is 121 Å². The summed E-state index contributed by atoms with van der Waals surface area (Å²) < 4.78 is 17.5. The van der Waals surface area contributed by atoms with Crippen LogP contribution in [0.2, 0.25) is 0 Å². The van der Waals surface area contributed by atoms with E-state index in [2.05, 4.69) is 142 Å². The third-order valence-corrected chi connectivity index (χ3v) is 11.4. The van der Waals surface area contributed by atoms with E-state index in [0.29, 0.717) is 0 Å². The first kappa shape index (κ1) is 26.8. The van der Waals surface area contributed by atoms with Crippen LogP contribution in [0.15, 0.2) is 167 Å².